The number of carboxylic acids is 1. The molecule has 6 nitrogen and oxygen atoms in total. The second-order valence-corrected chi connectivity index (χ2v) is 4.07. The van der Waals surface area contributed by atoms with Gasteiger partial charge in [0.1, 0.15) is 5.69 Å². The maximum atomic E-state index is 14.1. The first-order valence-corrected chi connectivity index (χ1v) is 5.43. The third-order valence-electron chi connectivity index (χ3n) is 2.53. The summed E-state index contributed by atoms with van der Waals surface area (Å²) >= 11 is 5.73. The van der Waals surface area contributed by atoms with Crippen LogP contribution in [0.3, 0.4) is 0 Å². The molecule has 0 saturated heterocycles. The Morgan fingerprint density at radius 3 is 2.89 bits per heavy atom. The van der Waals surface area contributed by atoms with Crippen LogP contribution in [0.5, 0.6) is 11.5 Å². The van der Waals surface area contributed by atoms with Crippen LogP contribution in [-0.2, 0) is 0 Å². The summed E-state index contributed by atoms with van der Waals surface area (Å²) in [6, 6.07) is 2.36. The van der Waals surface area contributed by atoms with Gasteiger partial charge in [-0.05, 0) is 0 Å². The Bertz CT molecular complexity index is 684. The number of hydrogen-bond donors (Lipinski definition) is 1. The predicted molar refractivity (Wildman–Crippen MR) is 60.0 cm³/mol. The van der Waals surface area contributed by atoms with Crippen LogP contribution in [0.15, 0.2) is 16.7 Å². The molecule has 1 aliphatic rings. The van der Waals surface area contributed by atoms with Gasteiger partial charge in [0.2, 0.25) is 12.6 Å². The van der Waals surface area contributed by atoms with Crippen LogP contribution in [0.25, 0.3) is 11.3 Å². The summed E-state index contributed by atoms with van der Waals surface area (Å²) in [4.78, 5) is 10.7. The van der Waals surface area contributed by atoms with E-state index in [9.17, 15) is 9.18 Å². The van der Waals surface area contributed by atoms with Gasteiger partial charge in [0.15, 0.2) is 17.3 Å². The standard InChI is InChI=1S/C11H5ClFNO5/c12-4-1-6-10(18-3-17-6)8(9(4)13)5-2-7(11(15)16)19-14-5/h1-2H,3H2,(H,15,16). The largest absolute Gasteiger partial charge is 0.475 e. The number of aromatic carboxylic acids is 1. The van der Waals surface area contributed by atoms with Crippen LogP contribution in [-0.4, -0.2) is 23.0 Å². The third kappa shape index (κ3) is 1.78. The molecule has 0 saturated carbocycles. The molecule has 0 unspecified atom stereocenters. The van der Waals surface area contributed by atoms with Gasteiger partial charge in [0.05, 0.1) is 10.6 Å². The molecule has 3 rings (SSSR count). The van der Waals surface area contributed by atoms with Gasteiger partial charge in [-0.3, -0.25) is 0 Å². The topological polar surface area (TPSA) is 81.8 Å². The SMILES string of the molecule is O=C(O)c1cc(-c2c(F)c(Cl)cc3c2OCO3)no1. The van der Waals surface area contributed by atoms with E-state index in [1.165, 1.54) is 6.07 Å². The van der Waals surface area contributed by atoms with Crippen LogP contribution < -0.4 is 9.47 Å². The van der Waals surface area contributed by atoms with E-state index in [2.05, 4.69) is 9.68 Å². The molecular weight excluding hydrogens is 281 g/mol. The lowest BCUT2D eigenvalue weighted by Crippen LogP contribution is -1.94. The molecule has 19 heavy (non-hydrogen) atoms. The Balaban J connectivity index is 2.21. The highest BCUT2D eigenvalue weighted by Gasteiger charge is 2.28. The van der Waals surface area contributed by atoms with E-state index < -0.39 is 17.5 Å². The molecule has 0 fully saturated rings. The minimum atomic E-state index is -1.31. The van der Waals surface area contributed by atoms with Crippen LogP contribution in [0.1, 0.15) is 10.6 Å². The highest BCUT2D eigenvalue weighted by molar-refractivity contribution is 6.31. The maximum absolute atomic E-state index is 14.1. The van der Waals surface area contributed by atoms with E-state index in [4.69, 9.17) is 26.2 Å². The van der Waals surface area contributed by atoms with Crippen molar-refractivity contribution in [3.8, 4) is 22.8 Å². The lowest BCUT2D eigenvalue weighted by molar-refractivity contribution is 0.0652. The molecule has 0 radical (unpaired) electrons. The fourth-order valence-corrected chi connectivity index (χ4v) is 1.90. The first-order valence-electron chi connectivity index (χ1n) is 5.06. The number of benzene rings is 1. The Hall–Kier alpha value is -2.28. The molecule has 1 aliphatic heterocycles. The molecule has 8 heteroatoms. The summed E-state index contributed by atoms with van der Waals surface area (Å²) in [5.41, 5.74) is -0.115. The number of fused-ring (bicyclic) bond motifs is 1. The van der Waals surface area contributed by atoms with Crippen molar-refractivity contribution < 1.29 is 28.3 Å². The molecule has 0 atom stereocenters. The third-order valence-corrected chi connectivity index (χ3v) is 2.81. The second-order valence-electron chi connectivity index (χ2n) is 3.66. The normalized spacial score (nSPS) is 12.7. The molecule has 1 aromatic carbocycles. The lowest BCUT2D eigenvalue weighted by Gasteiger charge is -2.05. The fraction of sp³-hybridized carbons (Fsp3) is 0.0909. The lowest BCUT2D eigenvalue weighted by atomic mass is 10.1. The molecule has 0 amide bonds. The number of nitrogens with zero attached hydrogens (tertiary/aromatic N) is 1. The van der Waals surface area contributed by atoms with Crippen molar-refractivity contribution in [3.63, 3.8) is 0 Å². The van der Waals surface area contributed by atoms with Gasteiger partial charge in [0, 0.05) is 12.1 Å². The minimum absolute atomic E-state index is 0.0286. The molecule has 2 heterocycles. The first-order chi connectivity index (χ1) is 9.08. The predicted octanol–water partition coefficient (Wildman–Crippen LogP) is 2.56. The summed E-state index contributed by atoms with van der Waals surface area (Å²) in [5, 5.41) is 12.1. The smallest absolute Gasteiger partial charge is 0.374 e. The Labute approximate surface area is 110 Å². The zero-order chi connectivity index (χ0) is 13.6. The average molecular weight is 286 g/mol. The van der Waals surface area contributed by atoms with Gasteiger partial charge in [-0.15, -0.1) is 0 Å². The van der Waals surface area contributed by atoms with Gasteiger partial charge in [-0.1, -0.05) is 16.8 Å². The van der Waals surface area contributed by atoms with Crippen molar-refractivity contribution in [2.24, 2.45) is 0 Å². The Morgan fingerprint density at radius 1 is 1.42 bits per heavy atom. The van der Waals surface area contributed by atoms with Crippen LogP contribution in [0.2, 0.25) is 5.02 Å². The van der Waals surface area contributed by atoms with Crippen molar-refractivity contribution in [1.82, 2.24) is 5.16 Å². The molecule has 98 valence electrons. The molecule has 0 spiro atoms. The number of hydrogen-bond acceptors (Lipinski definition) is 5. The maximum Gasteiger partial charge on any atom is 0.374 e. The first kappa shape index (κ1) is 11.8. The Morgan fingerprint density at radius 2 is 2.21 bits per heavy atom. The van der Waals surface area contributed by atoms with E-state index in [1.54, 1.807) is 0 Å². The zero-order valence-electron chi connectivity index (χ0n) is 9.15. The molecule has 1 aromatic heterocycles. The zero-order valence-corrected chi connectivity index (χ0v) is 9.90. The van der Waals surface area contributed by atoms with E-state index in [0.29, 0.717) is 0 Å². The molecular formula is C11H5ClFNO5. The highest BCUT2D eigenvalue weighted by atomic mass is 35.5. The molecule has 2 aromatic rings. The average Bonchev–Trinajstić information content (AvgIpc) is 2.99. The number of rotatable bonds is 2. The van der Waals surface area contributed by atoms with Gasteiger partial charge >= 0.3 is 5.97 Å². The van der Waals surface area contributed by atoms with Crippen LogP contribution in [0.4, 0.5) is 4.39 Å². The van der Waals surface area contributed by atoms with Crippen LogP contribution in [0, 0.1) is 5.82 Å². The highest BCUT2D eigenvalue weighted by Crippen LogP contribution is 2.45. The van der Waals surface area contributed by atoms with E-state index >= 15 is 0 Å². The van der Waals surface area contributed by atoms with Crippen molar-refractivity contribution in [1.29, 1.82) is 0 Å². The van der Waals surface area contributed by atoms with Gasteiger partial charge in [0.25, 0.3) is 0 Å². The Kier molecular flexibility index (Phi) is 2.56. The fourth-order valence-electron chi connectivity index (χ4n) is 1.71. The summed E-state index contributed by atoms with van der Waals surface area (Å²) in [7, 11) is 0. The number of halogens is 2. The van der Waals surface area contributed by atoms with Gasteiger partial charge < -0.3 is 19.1 Å². The minimum Gasteiger partial charge on any atom is -0.475 e. The number of carbonyl (C=O) groups is 1. The van der Waals surface area contributed by atoms with E-state index in [0.717, 1.165) is 6.07 Å². The molecule has 0 aliphatic carbocycles. The van der Waals surface area contributed by atoms with E-state index in [1.807, 2.05) is 0 Å². The number of aromatic nitrogens is 1. The summed E-state index contributed by atoms with van der Waals surface area (Å²) in [6.45, 7) is -0.0776. The molecule has 1 N–H and O–H groups in total. The van der Waals surface area contributed by atoms with Crippen molar-refractivity contribution in [3.05, 3.63) is 28.7 Å². The summed E-state index contributed by atoms with van der Waals surface area (Å²) in [5.74, 6) is -2.12. The van der Waals surface area contributed by atoms with Gasteiger partial charge in [-0.2, -0.15) is 0 Å². The van der Waals surface area contributed by atoms with Gasteiger partial charge in [-0.25, -0.2) is 9.18 Å². The number of ether oxygens (including phenoxy) is 2. The summed E-state index contributed by atoms with van der Waals surface area (Å²) < 4.78 is 28.9. The van der Waals surface area contributed by atoms with Crippen molar-refractivity contribution in [2.45, 2.75) is 0 Å². The van der Waals surface area contributed by atoms with E-state index in [-0.39, 0.29) is 34.6 Å². The van der Waals surface area contributed by atoms with Crippen molar-refractivity contribution >= 4 is 17.6 Å². The quantitative estimate of drug-likeness (QED) is 0.913. The van der Waals surface area contributed by atoms with Crippen LogP contribution >= 0.6 is 11.6 Å². The van der Waals surface area contributed by atoms with Crippen molar-refractivity contribution in [2.75, 3.05) is 6.79 Å². The monoisotopic (exact) mass is 285 g/mol. The number of carboxylic acid groups (broad SMARTS) is 1. The summed E-state index contributed by atoms with van der Waals surface area (Å²) in [6.07, 6.45) is 0. The second kappa shape index (κ2) is 4.13. The molecule has 0 bridgehead atoms.